The molecule has 54 heavy (non-hydrogen) atoms. The maximum atomic E-state index is 2.41. The van der Waals surface area contributed by atoms with E-state index in [1.54, 1.807) is 0 Å². The summed E-state index contributed by atoms with van der Waals surface area (Å²) >= 11 is 0. The van der Waals surface area contributed by atoms with E-state index in [0.29, 0.717) is 0 Å². The summed E-state index contributed by atoms with van der Waals surface area (Å²) in [7, 11) is 0. The normalized spacial score (nSPS) is 12.1. The first-order valence-corrected chi connectivity index (χ1v) is 18.7. The average Bonchev–Trinajstić information content (AvgIpc) is 3.88. The molecule has 0 aliphatic heterocycles. The van der Waals surface area contributed by atoms with Crippen molar-refractivity contribution >= 4 is 54.4 Å². The van der Waals surface area contributed by atoms with Crippen LogP contribution in [-0.2, 0) is 0 Å². The summed E-state index contributed by atoms with van der Waals surface area (Å²) in [6.45, 7) is 0. The Morgan fingerprint density at radius 3 is 1.52 bits per heavy atom. The van der Waals surface area contributed by atoms with Gasteiger partial charge in [-0.3, -0.25) is 0 Å². The molecule has 0 saturated carbocycles. The molecule has 0 fully saturated rings. The zero-order chi connectivity index (χ0) is 35.3. The van der Waals surface area contributed by atoms with Crippen molar-refractivity contribution in [3.63, 3.8) is 0 Å². The van der Waals surface area contributed by atoms with E-state index in [1.165, 1.54) is 110 Å². The molecule has 2 nitrogen and oxygen atoms in total. The van der Waals surface area contributed by atoms with Crippen LogP contribution in [0.2, 0.25) is 0 Å². The summed E-state index contributed by atoms with van der Waals surface area (Å²) in [5, 5.41) is 7.73. The Bertz CT molecular complexity index is 3310. The first-order chi connectivity index (χ1) is 26.8. The molecule has 0 saturated heterocycles. The predicted molar refractivity (Wildman–Crippen MR) is 228 cm³/mol. The molecule has 0 spiro atoms. The van der Waals surface area contributed by atoms with Crippen LogP contribution < -0.4 is 0 Å². The number of fused-ring (bicyclic) bond motifs is 9. The monoisotopic (exact) mass is 684 g/mol. The fraction of sp³-hybridized carbons (Fsp3) is 0. The Balaban J connectivity index is 1.03. The molecule has 0 unspecified atom stereocenters. The third-order valence-electron chi connectivity index (χ3n) is 11.7. The van der Waals surface area contributed by atoms with E-state index in [4.69, 9.17) is 0 Å². The topological polar surface area (TPSA) is 9.86 Å². The number of para-hydroxylation sites is 4. The largest absolute Gasteiger partial charge is 0.309 e. The highest BCUT2D eigenvalue weighted by atomic mass is 15.0. The maximum absolute atomic E-state index is 2.41. The van der Waals surface area contributed by atoms with Gasteiger partial charge in [-0.25, -0.2) is 0 Å². The molecule has 2 heteroatoms. The lowest BCUT2D eigenvalue weighted by atomic mass is 9.92. The quantitative estimate of drug-likeness (QED) is 0.175. The summed E-state index contributed by atoms with van der Waals surface area (Å²) in [6, 6.07) is 71.4. The molecule has 250 valence electrons. The number of nitrogens with zero attached hydrogens (tertiary/aromatic N) is 2. The molecular weight excluding hydrogens is 653 g/mol. The Morgan fingerprint density at radius 2 is 0.741 bits per heavy atom. The van der Waals surface area contributed by atoms with E-state index in [9.17, 15) is 0 Å². The van der Waals surface area contributed by atoms with Crippen molar-refractivity contribution in [1.29, 1.82) is 0 Å². The van der Waals surface area contributed by atoms with Crippen LogP contribution >= 0.6 is 0 Å². The SMILES string of the molecule is c1ccc(-n2c3ccccc3c3cc(-c4ccc5c(c4)-c4cccc6c(-c7cccc8c7c7ccccc7n8-c7ccccc7)ccc-5c46)ccc32)cc1. The van der Waals surface area contributed by atoms with Crippen molar-refractivity contribution in [2.45, 2.75) is 0 Å². The number of rotatable bonds is 4. The van der Waals surface area contributed by atoms with Gasteiger partial charge in [-0.1, -0.05) is 133 Å². The van der Waals surface area contributed by atoms with Crippen LogP contribution in [0.25, 0.3) is 110 Å². The maximum Gasteiger partial charge on any atom is 0.0547 e. The summed E-state index contributed by atoms with van der Waals surface area (Å²) in [5.74, 6) is 0. The second-order valence-corrected chi connectivity index (χ2v) is 14.5. The number of aromatic nitrogens is 2. The molecule has 12 rings (SSSR count). The van der Waals surface area contributed by atoms with E-state index >= 15 is 0 Å². The second-order valence-electron chi connectivity index (χ2n) is 14.5. The minimum absolute atomic E-state index is 1.17. The van der Waals surface area contributed by atoms with Gasteiger partial charge in [0.25, 0.3) is 0 Å². The summed E-state index contributed by atoms with van der Waals surface area (Å²) in [5.41, 5.74) is 17.5. The van der Waals surface area contributed by atoms with Gasteiger partial charge in [-0.15, -0.1) is 0 Å². The van der Waals surface area contributed by atoms with Gasteiger partial charge in [0, 0.05) is 32.9 Å². The zero-order valence-electron chi connectivity index (χ0n) is 29.4. The van der Waals surface area contributed by atoms with Gasteiger partial charge in [-0.2, -0.15) is 0 Å². The third-order valence-corrected chi connectivity index (χ3v) is 11.7. The van der Waals surface area contributed by atoms with Crippen molar-refractivity contribution < 1.29 is 0 Å². The number of benzene rings is 9. The first-order valence-electron chi connectivity index (χ1n) is 18.7. The van der Waals surface area contributed by atoms with Gasteiger partial charge in [-0.05, 0) is 116 Å². The van der Waals surface area contributed by atoms with Crippen molar-refractivity contribution in [2.75, 3.05) is 0 Å². The van der Waals surface area contributed by atoms with E-state index in [0.717, 1.165) is 0 Å². The van der Waals surface area contributed by atoms with E-state index in [-0.39, 0.29) is 0 Å². The molecule has 0 atom stereocenters. The fourth-order valence-electron chi connectivity index (χ4n) is 9.38. The van der Waals surface area contributed by atoms with Crippen molar-refractivity contribution in [3.8, 4) is 55.9 Å². The Labute approximate surface area is 312 Å². The molecule has 0 N–H and O–H groups in total. The van der Waals surface area contributed by atoms with Crippen LogP contribution in [0.5, 0.6) is 0 Å². The highest BCUT2D eigenvalue weighted by Crippen LogP contribution is 2.51. The predicted octanol–water partition coefficient (Wildman–Crippen LogP) is 14.0. The lowest BCUT2D eigenvalue weighted by molar-refractivity contribution is 1.18. The minimum atomic E-state index is 1.17. The summed E-state index contributed by atoms with van der Waals surface area (Å²) in [4.78, 5) is 0. The van der Waals surface area contributed by atoms with Gasteiger partial charge >= 0.3 is 0 Å². The fourth-order valence-corrected chi connectivity index (χ4v) is 9.38. The van der Waals surface area contributed by atoms with Crippen LogP contribution in [0.15, 0.2) is 194 Å². The minimum Gasteiger partial charge on any atom is -0.309 e. The van der Waals surface area contributed by atoms with E-state index in [1.807, 2.05) is 0 Å². The van der Waals surface area contributed by atoms with Gasteiger partial charge in [0.05, 0.1) is 22.1 Å². The summed E-state index contributed by atoms with van der Waals surface area (Å²) < 4.78 is 4.79. The molecule has 0 amide bonds. The molecule has 0 bridgehead atoms. The molecule has 11 aromatic rings. The molecule has 1 aliphatic rings. The van der Waals surface area contributed by atoms with Gasteiger partial charge in [0.15, 0.2) is 0 Å². The van der Waals surface area contributed by atoms with Crippen LogP contribution in [-0.4, -0.2) is 9.13 Å². The molecular formula is C52H32N2. The average molecular weight is 685 g/mol. The Morgan fingerprint density at radius 1 is 0.241 bits per heavy atom. The lowest BCUT2D eigenvalue weighted by Crippen LogP contribution is -1.93. The third kappa shape index (κ3) is 4.05. The molecule has 0 radical (unpaired) electrons. The zero-order valence-corrected chi connectivity index (χ0v) is 29.4. The van der Waals surface area contributed by atoms with Crippen LogP contribution in [0.4, 0.5) is 0 Å². The Kier molecular flexibility index (Phi) is 6.09. The standard InChI is InChI=1S/C52H32N2/c1-3-13-35(14-4-1)53-47-22-9-7-17-39(47)46-32-34(26-30-49(46)53)33-25-27-38-43-29-28-37(40-19-11-20-42(51(40)43)45(38)31-33)41-21-12-24-50-52(41)44-18-8-10-23-48(44)54(50)36-15-5-2-6-16-36/h1-32H. The second kappa shape index (κ2) is 11.2. The van der Waals surface area contributed by atoms with Gasteiger partial charge < -0.3 is 9.13 Å². The van der Waals surface area contributed by atoms with Crippen molar-refractivity contribution in [2.24, 2.45) is 0 Å². The molecule has 9 aromatic carbocycles. The smallest absolute Gasteiger partial charge is 0.0547 e. The molecule has 2 heterocycles. The number of hydrogen-bond acceptors (Lipinski definition) is 0. The highest BCUT2D eigenvalue weighted by Gasteiger charge is 2.25. The van der Waals surface area contributed by atoms with E-state index in [2.05, 4.69) is 203 Å². The van der Waals surface area contributed by atoms with E-state index < -0.39 is 0 Å². The van der Waals surface area contributed by atoms with Crippen LogP contribution in [0.3, 0.4) is 0 Å². The van der Waals surface area contributed by atoms with Gasteiger partial charge in [0.2, 0.25) is 0 Å². The molecule has 2 aromatic heterocycles. The van der Waals surface area contributed by atoms with Crippen molar-refractivity contribution in [1.82, 2.24) is 9.13 Å². The van der Waals surface area contributed by atoms with Crippen LogP contribution in [0.1, 0.15) is 0 Å². The Hall–Kier alpha value is -7.16. The first kappa shape index (κ1) is 29.4. The van der Waals surface area contributed by atoms with Crippen molar-refractivity contribution in [3.05, 3.63) is 194 Å². The lowest BCUT2D eigenvalue weighted by Gasteiger charge is -2.12. The van der Waals surface area contributed by atoms with Gasteiger partial charge in [0.1, 0.15) is 0 Å². The highest BCUT2D eigenvalue weighted by molar-refractivity contribution is 6.23. The molecule has 1 aliphatic carbocycles. The number of hydrogen-bond donors (Lipinski definition) is 0. The summed E-state index contributed by atoms with van der Waals surface area (Å²) in [6.07, 6.45) is 0. The van der Waals surface area contributed by atoms with Crippen LogP contribution in [0, 0.1) is 0 Å².